The second-order valence-corrected chi connectivity index (χ2v) is 4.36. The highest BCUT2D eigenvalue weighted by Gasteiger charge is 2.30. The van der Waals surface area contributed by atoms with E-state index < -0.39 is 18.7 Å². The Hall–Kier alpha value is -1.56. The quantitative estimate of drug-likeness (QED) is 0.897. The molecule has 106 valence electrons. The van der Waals surface area contributed by atoms with Crippen LogP contribution in [0, 0.1) is 6.92 Å². The van der Waals surface area contributed by atoms with Crippen LogP contribution in [0.4, 0.5) is 13.2 Å². The van der Waals surface area contributed by atoms with Gasteiger partial charge in [0.15, 0.2) is 0 Å². The molecule has 6 heteroatoms. The Morgan fingerprint density at radius 2 is 2.00 bits per heavy atom. The van der Waals surface area contributed by atoms with E-state index >= 15 is 0 Å². The molecule has 1 aromatic carbocycles. The molecule has 0 bridgehead atoms. The smallest absolute Gasteiger partial charge is 0.401 e. The summed E-state index contributed by atoms with van der Waals surface area (Å²) in [7, 11) is 0. The van der Waals surface area contributed by atoms with Crippen molar-refractivity contribution >= 4 is 5.97 Å². The van der Waals surface area contributed by atoms with Crippen LogP contribution in [0.15, 0.2) is 18.2 Å². The molecule has 0 spiro atoms. The Balaban J connectivity index is 2.83. The Kier molecular flexibility index (Phi) is 4.94. The summed E-state index contributed by atoms with van der Waals surface area (Å²) < 4.78 is 37.0. The number of halogens is 3. The molecule has 1 N–H and O–H groups in total. The highest BCUT2D eigenvalue weighted by Crippen LogP contribution is 2.19. The number of aromatic carboxylic acids is 1. The number of carboxylic acids is 1. The van der Waals surface area contributed by atoms with Gasteiger partial charge in [-0.2, -0.15) is 13.2 Å². The normalized spacial score (nSPS) is 11.9. The van der Waals surface area contributed by atoms with Crippen LogP contribution in [0.3, 0.4) is 0 Å². The molecule has 0 saturated carbocycles. The van der Waals surface area contributed by atoms with E-state index in [4.69, 9.17) is 5.11 Å². The van der Waals surface area contributed by atoms with Crippen molar-refractivity contribution in [2.75, 3.05) is 13.1 Å². The van der Waals surface area contributed by atoms with E-state index in [2.05, 4.69) is 0 Å². The van der Waals surface area contributed by atoms with Crippen molar-refractivity contribution in [3.05, 3.63) is 34.9 Å². The maximum atomic E-state index is 12.3. The van der Waals surface area contributed by atoms with Gasteiger partial charge in [0, 0.05) is 6.54 Å². The van der Waals surface area contributed by atoms with Crippen LogP contribution in [-0.2, 0) is 6.54 Å². The van der Waals surface area contributed by atoms with E-state index in [0.717, 1.165) is 0 Å². The average Bonchev–Trinajstić information content (AvgIpc) is 2.28. The highest BCUT2D eigenvalue weighted by atomic mass is 19.4. The third kappa shape index (κ3) is 4.90. The van der Waals surface area contributed by atoms with E-state index in [1.54, 1.807) is 19.9 Å². The topological polar surface area (TPSA) is 40.5 Å². The molecule has 0 fully saturated rings. The first-order valence-electron chi connectivity index (χ1n) is 5.85. The molecule has 3 nitrogen and oxygen atoms in total. The van der Waals surface area contributed by atoms with Crippen LogP contribution in [0.2, 0.25) is 0 Å². The molecular weight excluding hydrogens is 259 g/mol. The van der Waals surface area contributed by atoms with Gasteiger partial charge in [0.1, 0.15) is 0 Å². The van der Waals surface area contributed by atoms with Crippen LogP contribution < -0.4 is 0 Å². The van der Waals surface area contributed by atoms with Crippen molar-refractivity contribution < 1.29 is 23.1 Å². The van der Waals surface area contributed by atoms with Crippen molar-refractivity contribution in [2.45, 2.75) is 26.6 Å². The molecular formula is C13H16F3NO2. The predicted octanol–water partition coefficient (Wildman–Crippen LogP) is 3.08. The Labute approximate surface area is 109 Å². The molecule has 0 aliphatic rings. The standard InChI is InChI=1S/C13H16F3NO2/c1-3-17(8-13(14,15)16)7-11-5-4-10(12(18)19)6-9(11)2/h4-6H,3,7-8H2,1-2H3,(H,18,19). The van der Waals surface area contributed by atoms with Crippen LogP contribution >= 0.6 is 0 Å². The van der Waals surface area contributed by atoms with Crippen LogP contribution in [0.5, 0.6) is 0 Å². The number of nitrogens with zero attached hydrogens (tertiary/aromatic N) is 1. The van der Waals surface area contributed by atoms with E-state index in [0.29, 0.717) is 11.1 Å². The van der Waals surface area contributed by atoms with Crippen molar-refractivity contribution in [1.29, 1.82) is 0 Å². The third-order valence-electron chi connectivity index (χ3n) is 2.83. The van der Waals surface area contributed by atoms with Crippen molar-refractivity contribution in [3.63, 3.8) is 0 Å². The van der Waals surface area contributed by atoms with Gasteiger partial charge >= 0.3 is 12.1 Å². The summed E-state index contributed by atoms with van der Waals surface area (Å²) in [6.07, 6.45) is -4.23. The molecule has 0 aromatic heterocycles. The number of carbonyl (C=O) groups is 1. The number of benzene rings is 1. The fourth-order valence-electron chi connectivity index (χ4n) is 1.78. The van der Waals surface area contributed by atoms with E-state index in [1.165, 1.54) is 17.0 Å². The summed E-state index contributed by atoms with van der Waals surface area (Å²) >= 11 is 0. The van der Waals surface area contributed by atoms with Gasteiger partial charge in [-0.3, -0.25) is 4.90 Å². The number of alkyl halides is 3. The Morgan fingerprint density at radius 1 is 1.37 bits per heavy atom. The highest BCUT2D eigenvalue weighted by molar-refractivity contribution is 5.87. The lowest BCUT2D eigenvalue weighted by molar-refractivity contribution is -0.146. The summed E-state index contributed by atoms with van der Waals surface area (Å²) in [5.41, 5.74) is 1.52. The van der Waals surface area contributed by atoms with Gasteiger partial charge in [-0.05, 0) is 36.7 Å². The Morgan fingerprint density at radius 3 is 2.42 bits per heavy atom. The minimum atomic E-state index is -4.23. The first kappa shape index (κ1) is 15.5. The molecule has 0 aliphatic heterocycles. The van der Waals surface area contributed by atoms with E-state index in [1.807, 2.05) is 0 Å². The van der Waals surface area contributed by atoms with Gasteiger partial charge in [-0.15, -0.1) is 0 Å². The second kappa shape index (κ2) is 6.06. The first-order chi connectivity index (χ1) is 8.73. The molecule has 0 heterocycles. The van der Waals surface area contributed by atoms with Crippen LogP contribution in [0.1, 0.15) is 28.4 Å². The average molecular weight is 275 g/mol. The van der Waals surface area contributed by atoms with Gasteiger partial charge in [-0.1, -0.05) is 13.0 Å². The number of hydrogen-bond donors (Lipinski definition) is 1. The Bertz CT molecular complexity index is 458. The zero-order chi connectivity index (χ0) is 14.6. The lowest BCUT2D eigenvalue weighted by Crippen LogP contribution is -2.33. The van der Waals surface area contributed by atoms with Gasteiger partial charge in [0.25, 0.3) is 0 Å². The molecule has 0 unspecified atom stereocenters. The monoisotopic (exact) mass is 275 g/mol. The third-order valence-corrected chi connectivity index (χ3v) is 2.83. The lowest BCUT2D eigenvalue weighted by atomic mass is 10.0. The molecule has 0 radical (unpaired) electrons. The molecule has 1 aromatic rings. The van der Waals surface area contributed by atoms with Crippen LogP contribution in [0.25, 0.3) is 0 Å². The summed E-state index contributed by atoms with van der Waals surface area (Å²) in [6.45, 7) is 2.82. The van der Waals surface area contributed by atoms with E-state index in [9.17, 15) is 18.0 Å². The zero-order valence-electron chi connectivity index (χ0n) is 10.8. The van der Waals surface area contributed by atoms with Gasteiger partial charge in [0.2, 0.25) is 0 Å². The maximum Gasteiger partial charge on any atom is 0.401 e. The fraction of sp³-hybridized carbons (Fsp3) is 0.462. The number of hydrogen-bond acceptors (Lipinski definition) is 2. The van der Waals surface area contributed by atoms with Gasteiger partial charge in [0.05, 0.1) is 12.1 Å². The molecule has 0 aliphatic carbocycles. The van der Waals surface area contributed by atoms with Gasteiger partial charge < -0.3 is 5.11 Å². The molecule has 0 saturated heterocycles. The first-order valence-corrected chi connectivity index (χ1v) is 5.85. The minimum absolute atomic E-state index is 0.139. The number of rotatable bonds is 5. The maximum absolute atomic E-state index is 12.3. The van der Waals surface area contributed by atoms with E-state index in [-0.39, 0.29) is 18.7 Å². The summed E-state index contributed by atoms with van der Waals surface area (Å²) in [4.78, 5) is 12.0. The van der Waals surface area contributed by atoms with Crippen molar-refractivity contribution in [1.82, 2.24) is 4.90 Å². The molecule has 0 amide bonds. The minimum Gasteiger partial charge on any atom is -0.478 e. The van der Waals surface area contributed by atoms with Crippen LogP contribution in [-0.4, -0.2) is 35.2 Å². The van der Waals surface area contributed by atoms with Crippen molar-refractivity contribution in [3.8, 4) is 0 Å². The number of aryl methyl sites for hydroxylation is 1. The molecule has 0 atom stereocenters. The largest absolute Gasteiger partial charge is 0.478 e. The summed E-state index contributed by atoms with van der Waals surface area (Å²) in [5.74, 6) is -1.04. The number of carboxylic acid groups (broad SMARTS) is 1. The molecule has 19 heavy (non-hydrogen) atoms. The SMILES string of the molecule is CCN(Cc1ccc(C(=O)O)cc1C)CC(F)(F)F. The van der Waals surface area contributed by atoms with Gasteiger partial charge in [-0.25, -0.2) is 4.79 Å². The van der Waals surface area contributed by atoms with Crippen molar-refractivity contribution in [2.24, 2.45) is 0 Å². The summed E-state index contributed by atoms with van der Waals surface area (Å²) in [6, 6.07) is 4.45. The summed E-state index contributed by atoms with van der Waals surface area (Å²) in [5, 5.41) is 8.82. The molecule has 1 rings (SSSR count). The predicted molar refractivity (Wildman–Crippen MR) is 65.1 cm³/mol. The fourth-order valence-corrected chi connectivity index (χ4v) is 1.78. The zero-order valence-corrected chi connectivity index (χ0v) is 10.8. The second-order valence-electron chi connectivity index (χ2n) is 4.36. The lowest BCUT2D eigenvalue weighted by Gasteiger charge is -2.22.